The Morgan fingerprint density at radius 2 is 2.29 bits per heavy atom. The minimum Gasteiger partial charge on any atom is -0.384 e. The van der Waals surface area contributed by atoms with Crippen LogP contribution in [0.1, 0.15) is 28.8 Å². The van der Waals surface area contributed by atoms with Crippen LogP contribution in [0, 0.1) is 17.7 Å². The van der Waals surface area contributed by atoms with E-state index in [-0.39, 0.29) is 24.1 Å². The molecule has 1 saturated carbocycles. The number of benzene rings is 1. The first kappa shape index (κ1) is 15.5. The zero-order valence-corrected chi connectivity index (χ0v) is 11.9. The minimum atomic E-state index is -0.558. The molecule has 1 N–H and O–H groups in total. The summed E-state index contributed by atoms with van der Waals surface area (Å²) in [6.07, 6.45) is 1.89. The SMILES string of the molecule is COCCN(C(=O)c1cc(C#CCO)ccc1F)C1CC1. The number of aliphatic hydroxyl groups excluding tert-OH is 1. The van der Waals surface area contributed by atoms with Gasteiger partial charge in [0.05, 0.1) is 12.2 Å². The normalized spacial score (nSPS) is 13.5. The highest BCUT2D eigenvalue weighted by molar-refractivity contribution is 5.95. The van der Waals surface area contributed by atoms with Gasteiger partial charge in [0.2, 0.25) is 0 Å². The van der Waals surface area contributed by atoms with Gasteiger partial charge in [-0.1, -0.05) is 11.8 Å². The second-order valence-electron chi connectivity index (χ2n) is 4.88. The molecule has 0 aromatic heterocycles. The molecule has 1 aromatic rings. The van der Waals surface area contributed by atoms with Crippen molar-refractivity contribution in [1.82, 2.24) is 4.90 Å². The smallest absolute Gasteiger partial charge is 0.257 e. The molecule has 1 aromatic carbocycles. The van der Waals surface area contributed by atoms with E-state index in [0.29, 0.717) is 18.7 Å². The third-order valence-electron chi connectivity index (χ3n) is 3.29. The number of hydrogen-bond donors (Lipinski definition) is 1. The third-order valence-corrected chi connectivity index (χ3v) is 3.29. The summed E-state index contributed by atoms with van der Waals surface area (Å²) in [7, 11) is 1.57. The Kier molecular flexibility index (Phi) is 5.32. The first-order valence-electron chi connectivity index (χ1n) is 6.86. The zero-order chi connectivity index (χ0) is 15.2. The van der Waals surface area contributed by atoms with Crippen LogP contribution in [0.15, 0.2) is 18.2 Å². The molecule has 5 heteroatoms. The van der Waals surface area contributed by atoms with Crippen LogP contribution in [0.4, 0.5) is 4.39 Å². The maximum atomic E-state index is 13.9. The van der Waals surface area contributed by atoms with Crippen molar-refractivity contribution in [1.29, 1.82) is 0 Å². The van der Waals surface area contributed by atoms with Crippen molar-refractivity contribution in [3.63, 3.8) is 0 Å². The topological polar surface area (TPSA) is 49.8 Å². The van der Waals surface area contributed by atoms with Gasteiger partial charge < -0.3 is 14.7 Å². The molecule has 0 saturated heterocycles. The summed E-state index contributed by atoms with van der Waals surface area (Å²) >= 11 is 0. The first-order chi connectivity index (χ1) is 10.2. The van der Waals surface area contributed by atoms with Crippen molar-refractivity contribution >= 4 is 5.91 Å². The summed E-state index contributed by atoms with van der Waals surface area (Å²) in [5, 5.41) is 8.69. The van der Waals surface area contributed by atoms with E-state index in [4.69, 9.17) is 9.84 Å². The molecule has 0 bridgehead atoms. The van der Waals surface area contributed by atoms with Gasteiger partial charge in [0.15, 0.2) is 0 Å². The van der Waals surface area contributed by atoms with E-state index in [1.807, 2.05) is 0 Å². The Hall–Kier alpha value is -1.90. The number of carbonyl (C=O) groups excluding carboxylic acids is 1. The summed E-state index contributed by atoms with van der Waals surface area (Å²) in [5.41, 5.74) is 0.527. The van der Waals surface area contributed by atoms with E-state index in [2.05, 4.69) is 11.8 Å². The lowest BCUT2D eigenvalue weighted by Crippen LogP contribution is -2.36. The number of ether oxygens (including phenoxy) is 1. The molecule has 1 aliphatic carbocycles. The predicted molar refractivity (Wildman–Crippen MR) is 76.3 cm³/mol. The molecule has 0 unspecified atom stereocenters. The first-order valence-corrected chi connectivity index (χ1v) is 6.86. The Morgan fingerprint density at radius 1 is 1.52 bits per heavy atom. The number of carbonyl (C=O) groups is 1. The fourth-order valence-electron chi connectivity index (χ4n) is 2.09. The third kappa shape index (κ3) is 4.03. The maximum absolute atomic E-state index is 13.9. The molecule has 0 heterocycles. The van der Waals surface area contributed by atoms with Gasteiger partial charge in [-0.05, 0) is 31.0 Å². The van der Waals surface area contributed by atoms with Crippen LogP contribution >= 0.6 is 0 Å². The van der Waals surface area contributed by atoms with Crippen LogP contribution in [0.25, 0.3) is 0 Å². The number of rotatable bonds is 5. The van der Waals surface area contributed by atoms with Crippen LogP contribution in [0.2, 0.25) is 0 Å². The Morgan fingerprint density at radius 3 is 2.90 bits per heavy atom. The highest BCUT2D eigenvalue weighted by Gasteiger charge is 2.33. The largest absolute Gasteiger partial charge is 0.384 e. The number of halogens is 1. The summed E-state index contributed by atoms with van der Waals surface area (Å²) in [6, 6.07) is 4.34. The van der Waals surface area contributed by atoms with Gasteiger partial charge >= 0.3 is 0 Å². The number of amides is 1. The molecular weight excluding hydrogens is 273 g/mol. The standard InChI is InChI=1S/C16H18FNO3/c1-21-10-8-18(13-5-6-13)16(20)14-11-12(3-2-9-19)4-7-15(14)17/h4,7,11,13,19H,5-6,8-10H2,1H3. The van der Waals surface area contributed by atoms with E-state index in [1.165, 1.54) is 18.2 Å². The van der Waals surface area contributed by atoms with Crippen molar-refractivity contribution in [3.05, 3.63) is 35.1 Å². The van der Waals surface area contributed by atoms with Gasteiger partial charge in [0.1, 0.15) is 12.4 Å². The zero-order valence-electron chi connectivity index (χ0n) is 11.9. The monoisotopic (exact) mass is 291 g/mol. The van der Waals surface area contributed by atoms with Gasteiger partial charge in [-0.3, -0.25) is 4.79 Å². The number of nitrogens with zero attached hydrogens (tertiary/aromatic N) is 1. The lowest BCUT2D eigenvalue weighted by Gasteiger charge is -2.22. The fourth-order valence-corrected chi connectivity index (χ4v) is 2.09. The molecule has 0 radical (unpaired) electrons. The Balaban J connectivity index is 2.23. The van der Waals surface area contributed by atoms with Crippen molar-refractivity contribution < 1.29 is 19.0 Å². The predicted octanol–water partition coefficient (Wildman–Crippen LogP) is 1.42. The molecule has 0 aliphatic heterocycles. The van der Waals surface area contributed by atoms with E-state index < -0.39 is 5.82 Å². The highest BCUT2D eigenvalue weighted by Crippen LogP contribution is 2.28. The van der Waals surface area contributed by atoms with Gasteiger partial charge in [0.25, 0.3) is 5.91 Å². The lowest BCUT2D eigenvalue weighted by molar-refractivity contribution is 0.0675. The van der Waals surface area contributed by atoms with Crippen molar-refractivity contribution in [2.45, 2.75) is 18.9 Å². The average molecular weight is 291 g/mol. The van der Waals surface area contributed by atoms with Crippen LogP contribution in [-0.4, -0.2) is 48.8 Å². The molecule has 2 rings (SSSR count). The van der Waals surface area contributed by atoms with E-state index in [9.17, 15) is 9.18 Å². The maximum Gasteiger partial charge on any atom is 0.257 e. The Bertz CT molecular complexity index is 573. The van der Waals surface area contributed by atoms with Crippen molar-refractivity contribution in [3.8, 4) is 11.8 Å². The van der Waals surface area contributed by atoms with E-state index in [1.54, 1.807) is 12.0 Å². The average Bonchev–Trinajstić information content (AvgIpc) is 3.31. The fraction of sp³-hybridized carbons (Fsp3) is 0.438. The second-order valence-corrected chi connectivity index (χ2v) is 4.88. The Labute approximate surface area is 123 Å². The quantitative estimate of drug-likeness (QED) is 0.835. The summed E-state index contributed by atoms with van der Waals surface area (Å²) < 4.78 is 18.9. The molecule has 21 heavy (non-hydrogen) atoms. The second kappa shape index (κ2) is 7.21. The molecule has 0 spiro atoms. The molecular formula is C16H18FNO3. The van der Waals surface area contributed by atoms with Crippen LogP contribution in [0.5, 0.6) is 0 Å². The highest BCUT2D eigenvalue weighted by atomic mass is 19.1. The molecule has 1 aliphatic rings. The van der Waals surface area contributed by atoms with Gasteiger partial charge in [0, 0.05) is 25.3 Å². The van der Waals surface area contributed by atoms with Crippen LogP contribution in [0.3, 0.4) is 0 Å². The van der Waals surface area contributed by atoms with Crippen LogP contribution in [-0.2, 0) is 4.74 Å². The minimum absolute atomic E-state index is 0.0164. The molecule has 0 atom stereocenters. The number of methoxy groups -OCH3 is 1. The van der Waals surface area contributed by atoms with Crippen LogP contribution < -0.4 is 0 Å². The summed E-state index contributed by atoms with van der Waals surface area (Å²) in [4.78, 5) is 14.2. The van der Waals surface area contributed by atoms with Crippen molar-refractivity contribution in [2.24, 2.45) is 0 Å². The molecule has 1 amide bonds. The lowest BCUT2D eigenvalue weighted by atomic mass is 10.1. The van der Waals surface area contributed by atoms with Gasteiger partial charge in [-0.2, -0.15) is 0 Å². The van der Waals surface area contributed by atoms with Gasteiger partial charge in [-0.15, -0.1) is 0 Å². The van der Waals surface area contributed by atoms with Gasteiger partial charge in [-0.25, -0.2) is 4.39 Å². The summed E-state index contributed by atoms with van der Waals surface area (Å²) in [5.74, 6) is 4.28. The van der Waals surface area contributed by atoms with E-state index >= 15 is 0 Å². The van der Waals surface area contributed by atoms with E-state index in [0.717, 1.165) is 12.8 Å². The molecule has 1 fully saturated rings. The molecule has 112 valence electrons. The van der Waals surface area contributed by atoms with Crippen molar-refractivity contribution in [2.75, 3.05) is 26.9 Å². The number of aliphatic hydroxyl groups is 1. The summed E-state index contributed by atoms with van der Waals surface area (Å²) in [6.45, 7) is 0.600. The number of hydrogen-bond acceptors (Lipinski definition) is 3. The molecule has 4 nitrogen and oxygen atoms in total.